The molecule has 0 atom stereocenters. The van der Waals surface area contributed by atoms with E-state index in [9.17, 15) is 24.5 Å². The number of nitrogens with zero attached hydrogens (tertiary/aromatic N) is 4. The predicted octanol–water partition coefficient (Wildman–Crippen LogP) is 0.726. The van der Waals surface area contributed by atoms with Gasteiger partial charge in [0.2, 0.25) is 5.75 Å². The van der Waals surface area contributed by atoms with E-state index in [1.54, 1.807) is 23.1 Å². The minimum atomic E-state index is -0.770. The molecule has 3 aromatic rings. The van der Waals surface area contributed by atoms with Gasteiger partial charge in [0.1, 0.15) is 0 Å². The van der Waals surface area contributed by atoms with E-state index >= 15 is 0 Å². The molecule has 1 amide bonds. The van der Waals surface area contributed by atoms with E-state index in [1.807, 2.05) is 0 Å². The summed E-state index contributed by atoms with van der Waals surface area (Å²) < 4.78 is 16.5. The smallest absolute Gasteiger partial charge is 0.349 e. The largest absolute Gasteiger partial charge is 0.493 e. The Morgan fingerprint density at radius 3 is 2.71 bits per heavy atom. The number of carbonyl (C=O) groups excluding carboxylic acids is 1. The number of para-hydroxylation sites is 1. The van der Waals surface area contributed by atoms with Crippen LogP contribution in [0.1, 0.15) is 5.56 Å². The van der Waals surface area contributed by atoms with Crippen molar-refractivity contribution in [3.8, 4) is 11.5 Å². The van der Waals surface area contributed by atoms with E-state index in [0.29, 0.717) is 36.5 Å². The van der Waals surface area contributed by atoms with Crippen molar-refractivity contribution in [2.45, 2.75) is 0 Å². The van der Waals surface area contributed by atoms with Crippen molar-refractivity contribution < 1.29 is 23.9 Å². The van der Waals surface area contributed by atoms with Crippen molar-refractivity contribution in [2.24, 2.45) is 5.10 Å². The molecule has 1 fully saturated rings. The lowest BCUT2D eigenvalue weighted by Gasteiger charge is -2.26. The maximum Gasteiger partial charge on any atom is 0.349 e. The molecule has 1 aromatic heterocycles. The quantitative estimate of drug-likeness (QED) is 0.292. The zero-order valence-corrected chi connectivity index (χ0v) is 18.6. The van der Waals surface area contributed by atoms with Crippen LogP contribution in [0.4, 0.5) is 5.69 Å². The van der Waals surface area contributed by atoms with Gasteiger partial charge in [0.15, 0.2) is 12.4 Å². The molecule has 0 unspecified atom stereocenters. The first-order valence-electron chi connectivity index (χ1n) is 10.5. The lowest BCUT2D eigenvalue weighted by molar-refractivity contribution is -0.385. The van der Waals surface area contributed by atoms with Crippen LogP contribution >= 0.6 is 0 Å². The minimum absolute atomic E-state index is 0.0183. The summed E-state index contributed by atoms with van der Waals surface area (Å²) in [5.41, 5.74) is -1.36. The molecule has 2 heterocycles. The lowest BCUT2D eigenvalue weighted by atomic mass is 10.2. The fourth-order valence-corrected chi connectivity index (χ4v) is 3.54. The monoisotopic (exact) mass is 483 g/mol. The minimum Gasteiger partial charge on any atom is -0.493 e. The van der Waals surface area contributed by atoms with Crippen LogP contribution in [0.2, 0.25) is 0 Å². The zero-order valence-electron chi connectivity index (χ0n) is 18.6. The first-order chi connectivity index (χ1) is 16.9. The van der Waals surface area contributed by atoms with E-state index in [4.69, 9.17) is 14.2 Å². The Balaban J connectivity index is 1.64. The van der Waals surface area contributed by atoms with Crippen molar-refractivity contribution >= 4 is 28.7 Å². The summed E-state index contributed by atoms with van der Waals surface area (Å²) in [6.07, 6.45) is 1.11. The Bertz CT molecular complexity index is 1420. The van der Waals surface area contributed by atoms with Gasteiger partial charge in [-0.2, -0.15) is 5.10 Å². The molecule has 182 valence electrons. The highest BCUT2D eigenvalue weighted by Gasteiger charge is 2.25. The van der Waals surface area contributed by atoms with E-state index < -0.39 is 28.5 Å². The molecule has 1 aliphatic heterocycles. The number of morpholine rings is 1. The lowest BCUT2D eigenvalue weighted by Crippen LogP contribution is -2.43. The molecule has 13 heteroatoms. The Kier molecular flexibility index (Phi) is 6.87. The number of ether oxygens (including phenoxy) is 3. The number of H-pyrrole nitrogens is 1. The molecule has 0 aliphatic carbocycles. The number of nitrogens with one attached hydrogen (secondary N) is 1. The zero-order chi connectivity index (χ0) is 24.9. The summed E-state index contributed by atoms with van der Waals surface area (Å²) in [4.78, 5) is 52.4. The van der Waals surface area contributed by atoms with Crippen molar-refractivity contribution in [1.82, 2.24) is 14.6 Å². The number of aromatic nitrogens is 2. The number of amides is 1. The summed E-state index contributed by atoms with van der Waals surface area (Å²) in [7, 11) is 1.29. The van der Waals surface area contributed by atoms with Crippen LogP contribution in [0.3, 0.4) is 0 Å². The van der Waals surface area contributed by atoms with Crippen molar-refractivity contribution in [2.75, 3.05) is 40.0 Å². The second kappa shape index (κ2) is 10.2. The normalized spacial score (nSPS) is 13.8. The summed E-state index contributed by atoms with van der Waals surface area (Å²) in [5, 5.41) is 15.9. The van der Waals surface area contributed by atoms with Gasteiger partial charge >= 0.3 is 11.4 Å². The van der Waals surface area contributed by atoms with Crippen LogP contribution in [0, 0.1) is 10.1 Å². The molecule has 1 aliphatic rings. The fourth-order valence-electron chi connectivity index (χ4n) is 3.54. The standard InChI is InChI=1S/C22H21N5O8/c1-33-18-11-14(12-23-26-21(29)15-4-2-3-5-16(15)24-22(26)30)10-17(27(31)32)20(18)35-13-19(28)25-6-8-34-9-7-25/h2-5,10-12H,6-9,13H2,1H3,(H,24,30). The van der Waals surface area contributed by atoms with E-state index in [2.05, 4.69) is 10.1 Å². The number of benzene rings is 2. The molecule has 2 aromatic carbocycles. The van der Waals surface area contributed by atoms with Gasteiger partial charge in [0.25, 0.3) is 11.5 Å². The Morgan fingerprint density at radius 2 is 2.00 bits per heavy atom. The third kappa shape index (κ3) is 5.04. The van der Waals surface area contributed by atoms with E-state index in [1.165, 1.54) is 19.2 Å². The van der Waals surface area contributed by atoms with Crippen LogP contribution < -0.4 is 20.7 Å². The number of hydrogen-bond acceptors (Lipinski definition) is 9. The van der Waals surface area contributed by atoms with Gasteiger partial charge in [-0.25, -0.2) is 4.79 Å². The summed E-state index contributed by atoms with van der Waals surface area (Å²) in [6, 6.07) is 8.97. The molecule has 0 radical (unpaired) electrons. The SMILES string of the molecule is COc1cc(C=Nn2c(=O)[nH]c3ccccc3c2=O)cc([N+](=O)[O-])c1OCC(=O)N1CCOCC1. The summed E-state index contributed by atoms with van der Waals surface area (Å²) >= 11 is 0. The van der Waals surface area contributed by atoms with Gasteiger partial charge in [-0.05, 0) is 18.2 Å². The van der Waals surface area contributed by atoms with Gasteiger partial charge in [-0.15, -0.1) is 4.68 Å². The van der Waals surface area contributed by atoms with Gasteiger partial charge < -0.3 is 24.1 Å². The highest BCUT2D eigenvalue weighted by Crippen LogP contribution is 2.38. The van der Waals surface area contributed by atoms with Gasteiger partial charge in [0, 0.05) is 24.7 Å². The number of hydrogen-bond donors (Lipinski definition) is 1. The maximum absolute atomic E-state index is 12.6. The number of aromatic amines is 1. The van der Waals surface area contributed by atoms with Crippen LogP contribution in [-0.2, 0) is 9.53 Å². The van der Waals surface area contributed by atoms with Crippen molar-refractivity contribution in [3.63, 3.8) is 0 Å². The fraction of sp³-hybridized carbons (Fsp3) is 0.273. The molecule has 0 bridgehead atoms. The Morgan fingerprint density at radius 1 is 1.26 bits per heavy atom. The molecular formula is C22H21N5O8. The van der Waals surface area contributed by atoms with Crippen LogP contribution in [0.25, 0.3) is 10.9 Å². The van der Waals surface area contributed by atoms with Crippen molar-refractivity contribution in [3.05, 3.63) is 72.9 Å². The van der Waals surface area contributed by atoms with Gasteiger partial charge in [-0.1, -0.05) is 12.1 Å². The Hall–Kier alpha value is -4.52. The molecular weight excluding hydrogens is 462 g/mol. The van der Waals surface area contributed by atoms with E-state index in [-0.39, 0.29) is 28.4 Å². The highest BCUT2D eigenvalue weighted by molar-refractivity contribution is 5.84. The maximum atomic E-state index is 12.6. The number of carbonyl (C=O) groups is 1. The van der Waals surface area contributed by atoms with Crippen LogP contribution in [0.5, 0.6) is 11.5 Å². The summed E-state index contributed by atoms with van der Waals surface area (Å²) in [6.45, 7) is 1.21. The second-order valence-electron chi connectivity index (χ2n) is 7.45. The number of methoxy groups -OCH3 is 1. The van der Waals surface area contributed by atoms with Crippen LogP contribution in [-0.4, -0.2) is 71.6 Å². The first kappa shape index (κ1) is 23.6. The molecule has 0 saturated carbocycles. The molecule has 35 heavy (non-hydrogen) atoms. The predicted molar refractivity (Wildman–Crippen MR) is 124 cm³/mol. The molecule has 4 rings (SSSR count). The van der Waals surface area contributed by atoms with Crippen molar-refractivity contribution in [1.29, 1.82) is 0 Å². The molecule has 0 spiro atoms. The molecule has 1 N–H and O–H groups in total. The third-order valence-electron chi connectivity index (χ3n) is 5.28. The molecule has 13 nitrogen and oxygen atoms in total. The topological polar surface area (TPSA) is 158 Å². The third-order valence-corrected chi connectivity index (χ3v) is 5.28. The average Bonchev–Trinajstić information content (AvgIpc) is 2.87. The molecule has 1 saturated heterocycles. The summed E-state index contributed by atoms with van der Waals surface area (Å²) in [5.74, 6) is -0.586. The van der Waals surface area contributed by atoms with E-state index in [0.717, 1.165) is 12.3 Å². The second-order valence-corrected chi connectivity index (χ2v) is 7.45. The number of rotatable bonds is 7. The first-order valence-corrected chi connectivity index (χ1v) is 10.5. The average molecular weight is 483 g/mol. The number of nitro benzene ring substituents is 1. The number of fused-ring (bicyclic) bond motifs is 1. The Labute approximate surface area is 197 Å². The number of nitro groups is 1. The van der Waals surface area contributed by atoms with Gasteiger partial charge in [-0.3, -0.25) is 19.7 Å². The van der Waals surface area contributed by atoms with Crippen LogP contribution in [0.15, 0.2) is 51.1 Å². The van der Waals surface area contributed by atoms with Gasteiger partial charge in [0.05, 0.1) is 42.4 Å². The highest BCUT2D eigenvalue weighted by atomic mass is 16.6.